The highest BCUT2D eigenvalue weighted by Crippen LogP contribution is 2.28. The van der Waals surface area contributed by atoms with Gasteiger partial charge < -0.3 is 54.2 Å². The van der Waals surface area contributed by atoms with Crippen molar-refractivity contribution in [2.24, 2.45) is 0 Å². The molecule has 4 aromatic heterocycles. The van der Waals surface area contributed by atoms with Crippen LogP contribution in [0.15, 0.2) is 191 Å². The average Bonchev–Trinajstić information content (AvgIpc) is 4.24. The zero-order chi connectivity index (χ0) is 53.2. The fourth-order valence-corrected chi connectivity index (χ4v) is 9.36. The summed E-state index contributed by atoms with van der Waals surface area (Å²) in [6.07, 6.45) is 2.67. The fraction of sp³-hybridized carbons (Fsp3) is 0.213. The predicted molar refractivity (Wildman–Crippen MR) is 292 cm³/mol. The first-order valence-corrected chi connectivity index (χ1v) is 25.1. The summed E-state index contributed by atoms with van der Waals surface area (Å²) in [7, 11) is 0. The first kappa shape index (κ1) is 51.8. The molecule has 0 unspecified atom stereocenters. The number of aliphatic hydroxyl groups is 1. The number of amides is 4. The van der Waals surface area contributed by atoms with Gasteiger partial charge in [0, 0.05) is 52.3 Å². The van der Waals surface area contributed by atoms with Gasteiger partial charge >= 0.3 is 12.2 Å². The van der Waals surface area contributed by atoms with E-state index in [0.29, 0.717) is 17.1 Å². The van der Waals surface area contributed by atoms with E-state index in [2.05, 4.69) is 26.3 Å². The molecule has 15 nitrogen and oxygen atoms in total. The molecule has 0 fully saturated rings. The molecule has 0 saturated carbocycles. The molecule has 0 spiro atoms. The van der Waals surface area contributed by atoms with Crippen molar-refractivity contribution in [2.75, 3.05) is 0 Å². The van der Waals surface area contributed by atoms with E-state index in [9.17, 15) is 24.3 Å². The van der Waals surface area contributed by atoms with Crippen molar-refractivity contribution in [1.82, 2.24) is 30.8 Å². The van der Waals surface area contributed by atoms with Crippen LogP contribution in [0.1, 0.15) is 73.6 Å². The van der Waals surface area contributed by atoms with Crippen LogP contribution in [0.4, 0.5) is 9.59 Å². The van der Waals surface area contributed by atoms with Gasteiger partial charge in [0.25, 0.3) is 0 Å². The number of ether oxygens (including phenoxy) is 2. The monoisotopic (exact) mass is 1020 g/mol. The van der Waals surface area contributed by atoms with E-state index >= 15 is 0 Å². The number of benzene rings is 6. The van der Waals surface area contributed by atoms with Gasteiger partial charge in [0.2, 0.25) is 11.8 Å². The minimum atomic E-state index is -1.36. The lowest BCUT2D eigenvalue weighted by molar-refractivity contribution is -0.128. The highest BCUT2D eigenvalue weighted by molar-refractivity contribution is 5.93. The van der Waals surface area contributed by atoms with Crippen LogP contribution in [0.2, 0.25) is 0 Å². The Labute approximate surface area is 439 Å². The molecule has 0 aliphatic rings. The van der Waals surface area contributed by atoms with Gasteiger partial charge in [0.15, 0.2) is 13.2 Å². The van der Waals surface area contributed by atoms with Crippen LogP contribution in [0, 0.1) is 0 Å². The molecule has 10 rings (SSSR count). The van der Waals surface area contributed by atoms with Crippen LogP contribution in [-0.4, -0.2) is 49.7 Å². The van der Waals surface area contributed by atoms with Crippen LogP contribution in [-0.2, 0) is 51.8 Å². The summed E-state index contributed by atoms with van der Waals surface area (Å²) in [5.74, 6) is 0.355. The van der Waals surface area contributed by atoms with E-state index in [1.54, 1.807) is 24.6 Å². The maximum atomic E-state index is 13.7. The largest absolute Gasteiger partial charge is 0.457 e. The number of aliphatic hydroxyl groups excluding tert-OH is 1. The first-order chi connectivity index (χ1) is 36.8. The second kappa shape index (κ2) is 23.0. The van der Waals surface area contributed by atoms with Gasteiger partial charge in [-0.2, -0.15) is 0 Å². The molecule has 0 radical (unpaired) electrons. The molecular formula is C61H60N6O9. The summed E-state index contributed by atoms with van der Waals surface area (Å²) in [6.45, 7) is 6.86. The molecule has 0 aliphatic carbocycles. The molecule has 0 saturated heterocycles. The van der Waals surface area contributed by atoms with E-state index in [4.69, 9.17) is 18.3 Å². The van der Waals surface area contributed by atoms with E-state index < -0.39 is 23.3 Å². The Morgan fingerprint density at radius 2 is 1.03 bits per heavy atom. The Morgan fingerprint density at radius 3 is 1.54 bits per heavy atom. The molecule has 388 valence electrons. The Morgan fingerprint density at radius 1 is 0.579 bits per heavy atom. The Bertz CT molecular complexity index is 3550. The Kier molecular flexibility index (Phi) is 15.7. The number of para-hydroxylation sites is 4. The number of hydrogen-bond acceptors (Lipinski definition) is 9. The summed E-state index contributed by atoms with van der Waals surface area (Å²) < 4.78 is 24.1. The number of rotatable bonds is 17. The quantitative estimate of drug-likeness (QED) is 0.0513. The lowest BCUT2D eigenvalue weighted by Gasteiger charge is -2.30. The van der Waals surface area contributed by atoms with E-state index in [1.165, 1.54) is 0 Å². The number of nitrogens with zero attached hydrogens (tertiary/aromatic N) is 1. The number of furan rings is 2. The molecule has 0 bridgehead atoms. The van der Waals surface area contributed by atoms with Gasteiger partial charge in [-0.1, -0.05) is 133 Å². The number of fused-ring (bicyclic) bond motifs is 4. The highest BCUT2D eigenvalue weighted by atomic mass is 16.6. The molecule has 4 atom stereocenters. The summed E-state index contributed by atoms with van der Waals surface area (Å²) in [5, 5.41) is 25.3. The zero-order valence-corrected chi connectivity index (χ0v) is 42.7. The van der Waals surface area contributed by atoms with Gasteiger partial charge in [-0.05, 0) is 86.3 Å². The standard InChI is InChI=1S/C31H31N3O5.C30H29N3O4/c1-21(22-10-4-3-5-11-22)32-29(36)31(2,17-24-18-34(20-35)27-14-8-7-13-26(24)27)33-30(37)38-19-25-16-23-12-6-9-15-28(23)39-25;1-20(21-10-4-3-5-11-21)32-28(34)30(2,17-23-18-31-26-14-8-7-13-25(23)26)33-29(35)36-19-24-16-22-12-6-9-15-27(22)37-24/h3-16,18,21,35H,17,19-20H2,1-2H3,(H,32,36)(H,33,37);3-16,18,20,31H,17,19H2,1-2H3,(H,32,34)(H,33,35)/t21-,31+;20-,30+/m00/s1. The van der Waals surface area contributed by atoms with Crippen molar-refractivity contribution in [3.05, 3.63) is 216 Å². The van der Waals surface area contributed by atoms with Gasteiger partial charge in [-0.3, -0.25) is 9.59 Å². The second-order valence-electron chi connectivity index (χ2n) is 19.3. The second-order valence-corrected chi connectivity index (χ2v) is 19.3. The summed E-state index contributed by atoms with van der Waals surface area (Å²) in [6, 6.07) is 53.0. The summed E-state index contributed by atoms with van der Waals surface area (Å²) >= 11 is 0. The highest BCUT2D eigenvalue weighted by Gasteiger charge is 2.39. The third-order valence-corrected chi connectivity index (χ3v) is 13.5. The smallest absolute Gasteiger partial charge is 0.408 e. The van der Waals surface area contributed by atoms with Crippen LogP contribution in [0.25, 0.3) is 43.7 Å². The molecule has 6 N–H and O–H groups in total. The van der Waals surface area contributed by atoms with Crippen LogP contribution in [0.5, 0.6) is 0 Å². The molecule has 4 amide bonds. The van der Waals surface area contributed by atoms with Crippen molar-refractivity contribution < 1.29 is 42.6 Å². The number of aromatic amines is 1. The van der Waals surface area contributed by atoms with Gasteiger partial charge in [0.1, 0.15) is 40.5 Å². The van der Waals surface area contributed by atoms with E-state index in [-0.39, 0.29) is 56.7 Å². The number of H-pyrrole nitrogens is 1. The SMILES string of the molecule is C[C@H](NC(=O)[C@@](C)(Cc1c[nH]c2ccccc12)NC(=O)OCc1cc2ccccc2o1)c1ccccc1.C[C@H](NC(=O)[C@@](C)(Cc1cn(CO)c2ccccc12)NC(=O)OCc1cc2ccccc2o1)c1ccccc1. The molecule has 15 heteroatoms. The average molecular weight is 1020 g/mol. The van der Waals surface area contributed by atoms with Crippen molar-refractivity contribution >= 4 is 67.7 Å². The van der Waals surface area contributed by atoms with Crippen molar-refractivity contribution in [2.45, 2.75) is 83.6 Å². The number of alkyl carbamates (subject to hydrolysis) is 2. The molecule has 6 aromatic carbocycles. The maximum absolute atomic E-state index is 13.7. The van der Waals surface area contributed by atoms with E-state index in [0.717, 1.165) is 60.4 Å². The van der Waals surface area contributed by atoms with E-state index in [1.807, 2.05) is 190 Å². The Hall–Kier alpha value is -9.08. The van der Waals surface area contributed by atoms with Crippen LogP contribution >= 0.6 is 0 Å². The predicted octanol–water partition coefficient (Wildman–Crippen LogP) is 11.5. The van der Waals surface area contributed by atoms with Gasteiger partial charge in [0.05, 0.1) is 17.6 Å². The number of carbonyl (C=O) groups excluding carboxylic acids is 4. The van der Waals surface area contributed by atoms with Gasteiger partial charge in [-0.15, -0.1) is 0 Å². The molecule has 0 aliphatic heterocycles. The number of hydrogen-bond donors (Lipinski definition) is 6. The number of nitrogens with one attached hydrogen (secondary N) is 5. The topological polar surface area (TPSA) is 202 Å². The van der Waals surface area contributed by atoms with Crippen molar-refractivity contribution in [3.63, 3.8) is 0 Å². The third-order valence-electron chi connectivity index (χ3n) is 13.5. The minimum Gasteiger partial charge on any atom is -0.457 e. The van der Waals surface area contributed by atoms with Crippen LogP contribution < -0.4 is 21.3 Å². The normalized spacial score (nSPS) is 13.6. The lowest BCUT2D eigenvalue weighted by Crippen LogP contribution is -2.58. The maximum Gasteiger partial charge on any atom is 0.408 e. The number of carbonyl (C=O) groups is 4. The summed E-state index contributed by atoms with van der Waals surface area (Å²) in [4.78, 5) is 56.6. The molecule has 76 heavy (non-hydrogen) atoms. The molecular weight excluding hydrogens is 961 g/mol. The third kappa shape index (κ3) is 12.1. The summed E-state index contributed by atoms with van der Waals surface area (Å²) in [5.41, 5.74) is 4.22. The van der Waals surface area contributed by atoms with Gasteiger partial charge in [-0.25, -0.2) is 9.59 Å². The van der Waals surface area contributed by atoms with Crippen molar-refractivity contribution in [1.29, 1.82) is 0 Å². The zero-order valence-electron chi connectivity index (χ0n) is 42.7. The van der Waals surface area contributed by atoms with Crippen LogP contribution in [0.3, 0.4) is 0 Å². The fourth-order valence-electron chi connectivity index (χ4n) is 9.36. The Balaban J connectivity index is 0.000000186. The minimum absolute atomic E-state index is 0.0499. The first-order valence-electron chi connectivity index (χ1n) is 25.1. The lowest BCUT2D eigenvalue weighted by atomic mass is 9.91. The van der Waals surface area contributed by atoms with Crippen molar-refractivity contribution in [3.8, 4) is 0 Å². The number of aromatic nitrogens is 2. The molecule has 10 aromatic rings. The molecule has 4 heterocycles.